The van der Waals surface area contributed by atoms with Gasteiger partial charge in [0.05, 0.1) is 38.4 Å². The first kappa shape index (κ1) is 10.1. The van der Waals surface area contributed by atoms with Crippen molar-refractivity contribution in [1.29, 1.82) is 0 Å². The molecule has 210 valence electrons. The fourth-order valence-electron chi connectivity index (χ4n) is 5.12. The summed E-state index contributed by atoms with van der Waals surface area (Å²) in [6, 6.07) is -26.7. The molecule has 8 aromatic carbocycles. The molecular weight excluding hydrogens is 544 g/mol. The van der Waals surface area contributed by atoms with Crippen molar-refractivity contribution in [2.75, 3.05) is 0 Å². The van der Waals surface area contributed by atoms with Crippen LogP contribution in [0.25, 0.3) is 88.0 Å². The van der Waals surface area contributed by atoms with Crippen molar-refractivity contribution in [3.63, 3.8) is 0 Å². The average Bonchev–Trinajstić information content (AvgIpc) is 3.77. The van der Waals surface area contributed by atoms with Crippen LogP contribution in [0.5, 0.6) is 0 Å². The molecule has 0 amide bonds. The summed E-state index contributed by atoms with van der Waals surface area (Å²) >= 11 is 0. The molecule has 1 heteroatoms. The molecule has 0 atom stereocenters. The third-order valence-electron chi connectivity index (χ3n) is 7.01. The molecule has 1 nitrogen and oxygen atoms in total. The Morgan fingerprint density at radius 1 is 0.289 bits per heavy atom. The van der Waals surface area contributed by atoms with Gasteiger partial charge in [-0.2, -0.15) is 0 Å². The average molecular weight is 601 g/mol. The van der Waals surface area contributed by atoms with Gasteiger partial charge in [0.2, 0.25) is 0 Å². The zero-order valence-electron chi connectivity index (χ0n) is 50.4. The molecule has 0 aliphatic heterocycles. The highest BCUT2D eigenvalue weighted by molar-refractivity contribution is 6.22. The molecule has 0 N–H and O–H groups in total. The molecule has 0 bridgehead atoms. The van der Waals surface area contributed by atoms with Crippen molar-refractivity contribution in [3.8, 4) is 44.5 Å². The summed E-state index contributed by atoms with van der Waals surface area (Å²) in [5, 5.41) is -4.24. The molecule has 45 heavy (non-hydrogen) atoms. The summed E-state index contributed by atoms with van der Waals surface area (Å²) in [5.74, 6) is 0. The molecule has 9 rings (SSSR count). The Bertz CT molecular complexity index is 3980. The molecule has 0 aliphatic carbocycles. The van der Waals surface area contributed by atoms with Crippen molar-refractivity contribution >= 4 is 43.5 Å². The van der Waals surface area contributed by atoms with E-state index in [0.29, 0.717) is 0 Å². The molecule has 0 unspecified atom stereocenters. The number of hydrogen-bond acceptors (Lipinski definition) is 1. The second-order valence-electron chi connectivity index (χ2n) is 9.51. The van der Waals surface area contributed by atoms with E-state index >= 15 is 0 Å². The maximum atomic E-state index is 9.85. The summed E-state index contributed by atoms with van der Waals surface area (Å²) in [6.45, 7) is 0. The largest absolute Gasteiger partial charge is 0.456 e. The van der Waals surface area contributed by atoms with E-state index in [1.807, 2.05) is 0 Å². The van der Waals surface area contributed by atoms with Crippen molar-refractivity contribution < 1.29 is 42.8 Å². The Morgan fingerprint density at radius 2 is 0.667 bits per heavy atom. The van der Waals surface area contributed by atoms with Gasteiger partial charge in [-0.3, -0.25) is 0 Å². The summed E-state index contributed by atoms with van der Waals surface area (Å²) in [6.07, 6.45) is 0. The zero-order chi connectivity index (χ0) is 54.1. The predicted octanol–water partition coefficient (Wildman–Crippen LogP) is 12.6. The molecule has 0 saturated heterocycles. The maximum Gasteiger partial charge on any atom is 0.135 e. The summed E-state index contributed by atoms with van der Waals surface area (Å²) in [4.78, 5) is 0. The normalized spacial score (nSPS) is 20.3. The molecule has 0 radical (unpaired) electrons. The molecule has 0 fully saturated rings. The molecule has 9 aromatic rings. The van der Waals surface area contributed by atoms with E-state index in [-0.39, 0.29) is 0 Å². The van der Waals surface area contributed by atoms with Crippen LogP contribution in [0, 0.1) is 0 Å². The van der Waals surface area contributed by atoms with Gasteiger partial charge < -0.3 is 4.42 Å². The van der Waals surface area contributed by atoms with Crippen molar-refractivity contribution in [2.24, 2.45) is 0 Å². The quantitative estimate of drug-likeness (QED) is 0.183. The van der Waals surface area contributed by atoms with E-state index in [1.165, 1.54) is 0 Å². The van der Waals surface area contributed by atoms with Crippen LogP contribution in [0.3, 0.4) is 0 Å². The minimum atomic E-state index is -1.06. The van der Waals surface area contributed by atoms with Gasteiger partial charge in [0.1, 0.15) is 11.2 Å². The van der Waals surface area contributed by atoms with Crippen molar-refractivity contribution in [3.05, 3.63) is 169 Å². The monoisotopic (exact) mass is 600 g/mol. The highest BCUT2D eigenvalue weighted by Crippen LogP contribution is 2.45. The molecular formula is C44H28O. The van der Waals surface area contributed by atoms with E-state index in [9.17, 15) is 13.7 Å². The first-order valence-corrected chi connectivity index (χ1v) is 13.2. The Labute approximate surface area is 301 Å². The van der Waals surface area contributed by atoms with Gasteiger partial charge in [0, 0.05) is 10.8 Å². The summed E-state index contributed by atoms with van der Waals surface area (Å²) < 4.78 is 255. The molecule has 0 spiro atoms. The number of furan rings is 1. The second-order valence-corrected chi connectivity index (χ2v) is 9.51. The van der Waals surface area contributed by atoms with E-state index in [4.69, 9.17) is 29.1 Å². The summed E-state index contributed by atoms with van der Waals surface area (Å²) in [5.41, 5.74) is -7.54. The van der Waals surface area contributed by atoms with Crippen LogP contribution in [0.15, 0.2) is 174 Å². The number of fused-ring (bicyclic) bond motifs is 5. The van der Waals surface area contributed by atoms with Crippen LogP contribution in [0.2, 0.25) is 0 Å². The highest BCUT2D eigenvalue weighted by atomic mass is 16.3. The minimum absolute atomic E-state index is 0.567. The zero-order valence-corrected chi connectivity index (χ0v) is 22.4. The second kappa shape index (κ2) is 10.4. The lowest BCUT2D eigenvalue weighted by Gasteiger charge is -2.18. The number of hydrogen-bond donors (Lipinski definition) is 0. The van der Waals surface area contributed by atoms with Gasteiger partial charge in [-0.1, -0.05) is 139 Å². The van der Waals surface area contributed by atoms with Crippen LogP contribution in [-0.4, -0.2) is 0 Å². The third-order valence-corrected chi connectivity index (χ3v) is 7.01. The molecule has 0 aliphatic rings. The number of rotatable bonds is 4. The SMILES string of the molecule is [2H]c1c([2H])c([2H])c(-c2c([2H])c([2H])c([2H])c(-c3c4c([2H])c([2H])c([2H])c([2H])c4c(-c4c([2H])c([2H])c5oc6c([2H])c([2H])c(-c7c([2H])c([2H])c([2H])c([2H])c7[2H])c([2H])c6c5c4[2H])c4c([2H])c([2H])c([2H])c([2H])c34)c2[2H])c([2H])c1[2H]. The Hall–Kier alpha value is -5.92. The molecule has 1 heterocycles. The number of benzene rings is 8. The smallest absolute Gasteiger partial charge is 0.135 e. The van der Waals surface area contributed by atoms with E-state index in [0.717, 1.165) is 0 Å². The lowest BCUT2D eigenvalue weighted by molar-refractivity contribution is 0.669. The predicted molar refractivity (Wildman–Crippen MR) is 190 cm³/mol. The molecule has 1 aromatic heterocycles. The Kier molecular flexibility index (Phi) is 2.32. The van der Waals surface area contributed by atoms with Crippen molar-refractivity contribution in [1.82, 2.24) is 0 Å². The highest BCUT2D eigenvalue weighted by Gasteiger charge is 2.18. The standard InChI is InChI=1S/C44H28O/c1-3-12-29(13-4-1)31-16-11-17-33(26-31)43-35-18-7-9-20-37(35)44(38-21-10-8-19-36(38)43)34-23-25-42-40(28-34)39-27-32(22-24-41(39)45-42)30-14-5-2-6-15-30/h1-28H/i1D,2D,3D,4D,5D,6D,7D,8D,9D,10D,11D,12D,13D,14D,15D,16D,17D,18D,19D,20D,21D,22D,23D,24D,25D,26D,27D,28D. The van der Waals surface area contributed by atoms with E-state index in [2.05, 4.69) is 0 Å². The summed E-state index contributed by atoms with van der Waals surface area (Å²) in [7, 11) is 0. The Balaban J connectivity index is 1.57. The lowest BCUT2D eigenvalue weighted by atomic mass is 9.85. The van der Waals surface area contributed by atoms with Gasteiger partial charge >= 0.3 is 0 Å². The lowest BCUT2D eigenvalue weighted by Crippen LogP contribution is -1.91. The first-order chi connectivity index (χ1) is 34.0. The van der Waals surface area contributed by atoms with E-state index < -0.39 is 257 Å². The van der Waals surface area contributed by atoms with Crippen LogP contribution in [-0.2, 0) is 0 Å². The first-order valence-electron chi connectivity index (χ1n) is 27.2. The fraction of sp³-hybridized carbons (Fsp3) is 0. The van der Waals surface area contributed by atoms with Gasteiger partial charge in [0.25, 0.3) is 0 Å². The molecule has 0 saturated carbocycles. The van der Waals surface area contributed by atoms with Crippen LogP contribution in [0.4, 0.5) is 0 Å². The van der Waals surface area contributed by atoms with Gasteiger partial charge in [-0.25, -0.2) is 0 Å². The van der Waals surface area contributed by atoms with Gasteiger partial charge in [-0.15, -0.1) is 0 Å². The van der Waals surface area contributed by atoms with E-state index in [1.54, 1.807) is 0 Å². The van der Waals surface area contributed by atoms with Gasteiger partial charge in [0.15, 0.2) is 0 Å². The van der Waals surface area contributed by atoms with Crippen LogP contribution < -0.4 is 0 Å². The van der Waals surface area contributed by atoms with Crippen molar-refractivity contribution in [2.45, 2.75) is 0 Å². The topological polar surface area (TPSA) is 13.1 Å². The van der Waals surface area contributed by atoms with Crippen LogP contribution in [0.1, 0.15) is 38.4 Å². The third kappa shape index (κ3) is 4.24. The fourth-order valence-corrected chi connectivity index (χ4v) is 5.12. The van der Waals surface area contributed by atoms with Crippen LogP contribution >= 0.6 is 0 Å². The maximum absolute atomic E-state index is 9.85. The minimum Gasteiger partial charge on any atom is -0.456 e. The van der Waals surface area contributed by atoms with Gasteiger partial charge in [-0.05, 0) is 96.3 Å². The Morgan fingerprint density at radius 3 is 1.20 bits per heavy atom.